The van der Waals surface area contributed by atoms with Crippen LogP contribution in [0.5, 0.6) is 0 Å². The number of amides is 1. The van der Waals surface area contributed by atoms with Crippen molar-refractivity contribution in [3.05, 3.63) is 28.2 Å². The van der Waals surface area contributed by atoms with Crippen LogP contribution < -0.4 is 11.1 Å². The number of hydrogen-bond acceptors (Lipinski definition) is 4. The first kappa shape index (κ1) is 14.1. The van der Waals surface area contributed by atoms with Gasteiger partial charge in [-0.3, -0.25) is 4.90 Å². The molecule has 0 aromatic heterocycles. The Morgan fingerprint density at radius 1 is 1.63 bits per heavy atom. The van der Waals surface area contributed by atoms with Crippen LogP contribution in [-0.4, -0.2) is 37.2 Å². The van der Waals surface area contributed by atoms with E-state index < -0.39 is 0 Å². The van der Waals surface area contributed by atoms with E-state index in [9.17, 15) is 4.79 Å². The number of nitrogens with one attached hydrogen (secondary N) is 1. The molecule has 1 aliphatic rings. The summed E-state index contributed by atoms with van der Waals surface area (Å²) in [6.07, 6.45) is 0.584. The van der Waals surface area contributed by atoms with Crippen LogP contribution in [0.15, 0.2) is 22.7 Å². The number of benzene rings is 1. The number of carbonyl (C=O) groups is 1. The van der Waals surface area contributed by atoms with Crippen molar-refractivity contribution in [1.82, 2.24) is 10.2 Å². The lowest BCUT2D eigenvalue weighted by molar-refractivity contribution is 0.166. The lowest BCUT2D eigenvalue weighted by Gasteiger charge is -2.17. The monoisotopic (exact) mass is 327 g/mol. The van der Waals surface area contributed by atoms with Crippen LogP contribution in [0.4, 0.5) is 10.5 Å². The summed E-state index contributed by atoms with van der Waals surface area (Å²) in [7, 11) is 1.38. The van der Waals surface area contributed by atoms with Gasteiger partial charge >= 0.3 is 6.09 Å². The molecule has 1 aromatic carbocycles. The van der Waals surface area contributed by atoms with E-state index in [1.807, 2.05) is 12.1 Å². The molecule has 1 atom stereocenters. The first-order valence-corrected chi connectivity index (χ1v) is 6.98. The number of rotatable bonds is 3. The molecule has 1 heterocycles. The Morgan fingerprint density at radius 2 is 2.42 bits per heavy atom. The molecule has 0 spiro atoms. The lowest BCUT2D eigenvalue weighted by Crippen LogP contribution is -2.36. The van der Waals surface area contributed by atoms with Crippen molar-refractivity contribution >= 4 is 27.7 Å². The first-order valence-electron chi connectivity index (χ1n) is 6.19. The number of hydrogen-bond donors (Lipinski definition) is 2. The minimum absolute atomic E-state index is 0.167. The molecular formula is C13H18BrN3O2. The van der Waals surface area contributed by atoms with Gasteiger partial charge in [-0.05, 0) is 40.0 Å². The minimum Gasteiger partial charge on any atom is -0.453 e. The highest BCUT2D eigenvalue weighted by molar-refractivity contribution is 9.10. The predicted octanol–water partition coefficient (Wildman–Crippen LogP) is 1.96. The lowest BCUT2D eigenvalue weighted by atomic mass is 10.2. The Morgan fingerprint density at radius 3 is 3.11 bits per heavy atom. The van der Waals surface area contributed by atoms with Crippen molar-refractivity contribution in [3.63, 3.8) is 0 Å². The largest absolute Gasteiger partial charge is 0.453 e. The van der Waals surface area contributed by atoms with Gasteiger partial charge in [0.15, 0.2) is 0 Å². The molecule has 104 valence electrons. The summed E-state index contributed by atoms with van der Waals surface area (Å²) in [5.41, 5.74) is 7.80. The molecule has 3 N–H and O–H groups in total. The molecule has 1 aliphatic heterocycles. The average Bonchev–Trinajstić information content (AvgIpc) is 2.81. The quantitative estimate of drug-likeness (QED) is 0.833. The predicted molar refractivity (Wildman–Crippen MR) is 77.8 cm³/mol. The van der Waals surface area contributed by atoms with Gasteiger partial charge in [0.2, 0.25) is 0 Å². The third-order valence-electron chi connectivity index (χ3n) is 3.25. The van der Waals surface area contributed by atoms with Crippen molar-refractivity contribution in [2.75, 3.05) is 25.9 Å². The van der Waals surface area contributed by atoms with Crippen LogP contribution in [0.1, 0.15) is 12.0 Å². The van der Waals surface area contributed by atoms with E-state index in [0.717, 1.165) is 36.2 Å². The molecule has 0 aliphatic carbocycles. The maximum Gasteiger partial charge on any atom is 0.407 e. The number of nitrogens with two attached hydrogens (primary N) is 1. The molecular weight excluding hydrogens is 310 g/mol. The van der Waals surface area contributed by atoms with Crippen molar-refractivity contribution in [2.45, 2.75) is 19.0 Å². The van der Waals surface area contributed by atoms with E-state index in [1.165, 1.54) is 12.7 Å². The molecule has 1 unspecified atom stereocenters. The number of nitrogens with zero attached hydrogens (tertiary/aromatic N) is 1. The van der Waals surface area contributed by atoms with Gasteiger partial charge in [0.1, 0.15) is 0 Å². The van der Waals surface area contributed by atoms with E-state index in [1.54, 1.807) is 0 Å². The maximum atomic E-state index is 11.1. The van der Waals surface area contributed by atoms with Crippen LogP contribution in [0.2, 0.25) is 0 Å². The van der Waals surface area contributed by atoms with E-state index in [-0.39, 0.29) is 12.1 Å². The summed E-state index contributed by atoms with van der Waals surface area (Å²) >= 11 is 3.39. The van der Waals surface area contributed by atoms with Crippen LogP contribution in [0.25, 0.3) is 0 Å². The Hall–Kier alpha value is -1.27. The zero-order valence-corrected chi connectivity index (χ0v) is 12.4. The van der Waals surface area contributed by atoms with Crippen molar-refractivity contribution in [3.8, 4) is 0 Å². The summed E-state index contributed by atoms with van der Waals surface area (Å²) in [5, 5.41) is 2.83. The smallest absolute Gasteiger partial charge is 0.407 e. The highest BCUT2D eigenvalue weighted by atomic mass is 79.9. The third kappa shape index (κ3) is 3.84. The van der Waals surface area contributed by atoms with Crippen molar-refractivity contribution < 1.29 is 9.53 Å². The highest BCUT2D eigenvalue weighted by Gasteiger charge is 2.24. The fourth-order valence-corrected chi connectivity index (χ4v) is 2.52. The molecule has 1 amide bonds. The second-order valence-corrected chi connectivity index (χ2v) is 5.57. The zero-order chi connectivity index (χ0) is 13.8. The minimum atomic E-state index is -0.361. The third-order valence-corrected chi connectivity index (χ3v) is 3.97. The Labute approximate surface area is 121 Å². The van der Waals surface area contributed by atoms with Gasteiger partial charge in [-0.25, -0.2) is 4.79 Å². The summed E-state index contributed by atoms with van der Waals surface area (Å²) in [5.74, 6) is 0. The van der Waals surface area contributed by atoms with Crippen LogP contribution >= 0.6 is 15.9 Å². The number of likely N-dealkylation sites (tertiary alicyclic amines) is 1. The molecule has 1 saturated heterocycles. The number of anilines is 1. The molecule has 0 radical (unpaired) electrons. The number of halogens is 1. The van der Waals surface area contributed by atoms with Gasteiger partial charge < -0.3 is 15.8 Å². The number of alkyl carbamates (subject to hydrolysis) is 1. The Kier molecular flexibility index (Phi) is 4.66. The molecule has 0 saturated carbocycles. The van der Waals surface area contributed by atoms with Crippen molar-refractivity contribution in [2.24, 2.45) is 0 Å². The first-order chi connectivity index (χ1) is 9.08. The SMILES string of the molecule is COC(=O)NC1CCN(Cc2ccc(Br)c(N)c2)C1. The molecule has 5 nitrogen and oxygen atoms in total. The van der Waals surface area contributed by atoms with Gasteiger partial charge in [-0.15, -0.1) is 0 Å². The molecule has 2 rings (SSSR count). The van der Waals surface area contributed by atoms with Crippen LogP contribution in [-0.2, 0) is 11.3 Å². The molecule has 1 fully saturated rings. The fraction of sp³-hybridized carbons (Fsp3) is 0.462. The van der Waals surface area contributed by atoms with E-state index in [4.69, 9.17) is 5.73 Å². The van der Waals surface area contributed by atoms with Gasteiger partial charge in [-0.1, -0.05) is 6.07 Å². The van der Waals surface area contributed by atoms with Gasteiger partial charge in [0, 0.05) is 35.8 Å². The summed E-state index contributed by atoms with van der Waals surface area (Å²) in [6.45, 7) is 2.65. The molecule has 0 bridgehead atoms. The highest BCUT2D eigenvalue weighted by Crippen LogP contribution is 2.22. The number of ether oxygens (including phenoxy) is 1. The van der Waals surface area contributed by atoms with E-state index in [2.05, 4.69) is 36.9 Å². The summed E-state index contributed by atoms with van der Waals surface area (Å²) in [4.78, 5) is 13.4. The number of carbonyl (C=O) groups excluding carboxylic acids is 1. The standard InChI is InChI=1S/C13H18BrN3O2/c1-19-13(18)16-10-4-5-17(8-10)7-9-2-3-11(14)12(15)6-9/h2-3,6,10H,4-5,7-8,15H2,1H3,(H,16,18). The zero-order valence-electron chi connectivity index (χ0n) is 10.9. The molecule has 6 heteroatoms. The molecule has 19 heavy (non-hydrogen) atoms. The summed E-state index contributed by atoms with van der Waals surface area (Å²) < 4.78 is 5.52. The van der Waals surface area contributed by atoms with Crippen molar-refractivity contribution in [1.29, 1.82) is 0 Å². The van der Waals surface area contributed by atoms with Gasteiger partial charge in [-0.2, -0.15) is 0 Å². The Balaban J connectivity index is 1.87. The maximum absolute atomic E-state index is 11.1. The fourth-order valence-electron chi connectivity index (χ4n) is 2.27. The number of nitrogen functional groups attached to an aromatic ring is 1. The number of methoxy groups -OCH3 is 1. The normalized spacial score (nSPS) is 19.4. The second kappa shape index (κ2) is 6.25. The Bertz CT molecular complexity index is 467. The van der Waals surface area contributed by atoms with Gasteiger partial charge in [0.05, 0.1) is 7.11 Å². The molecule has 1 aromatic rings. The van der Waals surface area contributed by atoms with Crippen LogP contribution in [0.3, 0.4) is 0 Å². The topological polar surface area (TPSA) is 67.6 Å². The van der Waals surface area contributed by atoms with E-state index >= 15 is 0 Å². The van der Waals surface area contributed by atoms with Gasteiger partial charge in [0.25, 0.3) is 0 Å². The second-order valence-electron chi connectivity index (χ2n) is 4.71. The van der Waals surface area contributed by atoms with E-state index in [0.29, 0.717) is 0 Å². The van der Waals surface area contributed by atoms with Crippen LogP contribution in [0, 0.1) is 0 Å². The average molecular weight is 328 g/mol. The summed E-state index contributed by atoms with van der Waals surface area (Å²) in [6, 6.07) is 6.16.